The molecule has 1 aromatic heterocycles. The second-order valence-corrected chi connectivity index (χ2v) is 4.17. The Bertz CT molecular complexity index is 446. The summed E-state index contributed by atoms with van der Waals surface area (Å²) in [4.78, 5) is 23.1. The van der Waals surface area contributed by atoms with Gasteiger partial charge < -0.3 is 9.30 Å². The number of hydrogen-bond acceptors (Lipinski definition) is 3. The lowest BCUT2D eigenvalue weighted by Gasteiger charge is -2.14. The lowest BCUT2D eigenvalue weighted by Crippen LogP contribution is -2.26. The second kappa shape index (κ2) is 4.96. The first-order valence-corrected chi connectivity index (χ1v) is 5.26. The van der Waals surface area contributed by atoms with Crippen LogP contribution in [-0.4, -0.2) is 17.6 Å². The number of esters is 1. The molecule has 0 aliphatic carbocycles. The van der Waals surface area contributed by atoms with E-state index in [1.54, 1.807) is 11.5 Å². The number of aromatic nitrogens is 1. The van der Waals surface area contributed by atoms with Crippen molar-refractivity contribution in [2.45, 2.75) is 27.3 Å². The number of pyridine rings is 1. The molecule has 0 N–H and O–H groups in total. The summed E-state index contributed by atoms with van der Waals surface area (Å²) in [5, 5.41) is 0. The third-order valence-corrected chi connectivity index (χ3v) is 2.41. The first-order chi connectivity index (χ1) is 7.47. The van der Waals surface area contributed by atoms with Gasteiger partial charge in [0.25, 0.3) is 5.56 Å². The van der Waals surface area contributed by atoms with Crippen LogP contribution >= 0.6 is 0 Å². The molecule has 0 amide bonds. The summed E-state index contributed by atoms with van der Waals surface area (Å²) in [6.07, 6.45) is 0. The standard InChI is InChI=1S/C12H17NO3/c1-8(2)7-13-9(3)10(12(15)16-4)5-6-11(13)14/h5-6,8H,7H2,1-4H3. The van der Waals surface area contributed by atoms with E-state index >= 15 is 0 Å². The van der Waals surface area contributed by atoms with Crippen LogP contribution in [0.25, 0.3) is 0 Å². The Balaban J connectivity index is 3.27. The number of methoxy groups -OCH3 is 1. The van der Waals surface area contributed by atoms with E-state index in [2.05, 4.69) is 4.74 Å². The van der Waals surface area contributed by atoms with Crippen molar-refractivity contribution in [3.05, 3.63) is 33.7 Å². The molecule has 0 spiro atoms. The molecule has 16 heavy (non-hydrogen) atoms. The van der Waals surface area contributed by atoms with Crippen LogP contribution in [-0.2, 0) is 11.3 Å². The third kappa shape index (κ3) is 2.51. The van der Waals surface area contributed by atoms with Crippen molar-refractivity contribution in [2.75, 3.05) is 7.11 Å². The topological polar surface area (TPSA) is 48.3 Å². The highest BCUT2D eigenvalue weighted by Crippen LogP contribution is 2.08. The van der Waals surface area contributed by atoms with E-state index in [0.29, 0.717) is 23.7 Å². The molecule has 0 unspecified atom stereocenters. The van der Waals surface area contributed by atoms with Gasteiger partial charge in [0.2, 0.25) is 0 Å². The van der Waals surface area contributed by atoms with Gasteiger partial charge in [-0.1, -0.05) is 13.8 Å². The minimum atomic E-state index is -0.407. The van der Waals surface area contributed by atoms with E-state index in [9.17, 15) is 9.59 Å². The maximum absolute atomic E-state index is 11.6. The number of rotatable bonds is 3. The maximum Gasteiger partial charge on any atom is 0.339 e. The monoisotopic (exact) mass is 223 g/mol. The van der Waals surface area contributed by atoms with Gasteiger partial charge in [-0.25, -0.2) is 4.79 Å². The molecule has 0 saturated heterocycles. The van der Waals surface area contributed by atoms with Crippen LogP contribution < -0.4 is 5.56 Å². The largest absolute Gasteiger partial charge is 0.465 e. The average molecular weight is 223 g/mol. The zero-order valence-electron chi connectivity index (χ0n) is 10.1. The van der Waals surface area contributed by atoms with Crippen LogP contribution in [0.4, 0.5) is 0 Å². The summed E-state index contributed by atoms with van der Waals surface area (Å²) in [6, 6.07) is 2.92. The molecule has 0 aliphatic heterocycles. The number of carbonyl (C=O) groups excluding carboxylic acids is 1. The van der Waals surface area contributed by atoms with Gasteiger partial charge in [-0.2, -0.15) is 0 Å². The van der Waals surface area contributed by atoms with Crippen molar-refractivity contribution < 1.29 is 9.53 Å². The van der Waals surface area contributed by atoms with E-state index in [-0.39, 0.29) is 5.56 Å². The second-order valence-electron chi connectivity index (χ2n) is 4.17. The third-order valence-electron chi connectivity index (χ3n) is 2.41. The average Bonchev–Trinajstić information content (AvgIpc) is 2.23. The Labute approximate surface area is 94.9 Å². The Kier molecular flexibility index (Phi) is 3.88. The van der Waals surface area contributed by atoms with Gasteiger partial charge in [0.1, 0.15) is 0 Å². The zero-order chi connectivity index (χ0) is 12.3. The molecule has 1 rings (SSSR count). The summed E-state index contributed by atoms with van der Waals surface area (Å²) in [7, 11) is 1.33. The van der Waals surface area contributed by atoms with E-state index in [1.807, 2.05) is 13.8 Å². The number of carbonyl (C=O) groups is 1. The molecule has 0 atom stereocenters. The molecule has 1 heterocycles. The number of hydrogen-bond donors (Lipinski definition) is 0. The smallest absolute Gasteiger partial charge is 0.339 e. The van der Waals surface area contributed by atoms with E-state index < -0.39 is 5.97 Å². The Hall–Kier alpha value is -1.58. The molecule has 0 aliphatic rings. The van der Waals surface area contributed by atoms with Crippen molar-refractivity contribution in [3.8, 4) is 0 Å². The molecule has 0 saturated carbocycles. The summed E-state index contributed by atoms with van der Waals surface area (Å²) < 4.78 is 6.27. The molecule has 1 aromatic rings. The Morgan fingerprint density at radius 3 is 2.56 bits per heavy atom. The predicted octanol–water partition coefficient (Wildman–Crippen LogP) is 1.60. The molecular formula is C12H17NO3. The first kappa shape index (κ1) is 12.5. The predicted molar refractivity (Wildman–Crippen MR) is 61.6 cm³/mol. The van der Waals surface area contributed by atoms with Crippen molar-refractivity contribution in [2.24, 2.45) is 5.92 Å². The molecular weight excluding hydrogens is 206 g/mol. The van der Waals surface area contributed by atoms with Crippen LogP contribution in [0, 0.1) is 12.8 Å². The SMILES string of the molecule is COC(=O)c1ccc(=O)n(CC(C)C)c1C. The Morgan fingerprint density at radius 1 is 1.44 bits per heavy atom. The van der Waals surface area contributed by atoms with Gasteiger partial charge in [-0.05, 0) is 18.9 Å². The minimum Gasteiger partial charge on any atom is -0.465 e. The van der Waals surface area contributed by atoms with Gasteiger partial charge in [-0.3, -0.25) is 4.79 Å². The van der Waals surface area contributed by atoms with E-state index in [4.69, 9.17) is 0 Å². The first-order valence-electron chi connectivity index (χ1n) is 5.26. The molecule has 0 fully saturated rings. The fourth-order valence-electron chi connectivity index (χ4n) is 1.59. The summed E-state index contributed by atoms with van der Waals surface area (Å²) in [5.41, 5.74) is 1.02. The summed E-state index contributed by atoms with van der Waals surface area (Å²) >= 11 is 0. The van der Waals surface area contributed by atoms with Gasteiger partial charge in [0, 0.05) is 18.3 Å². The highest BCUT2D eigenvalue weighted by atomic mass is 16.5. The molecule has 0 aromatic carbocycles. The Morgan fingerprint density at radius 2 is 2.06 bits per heavy atom. The molecule has 4 heteroatoms. The molecule has 4 nitrogen and oxygen atoms in total. The van der Waals surface area contributed by atoms with E-state index in [1.165, 1.54) is 19.2 Å². The fraction of sp³-hybridized carbons (Fsp3) is 0.500. The summed E-state index contributed by atoms with van der Waals surface area (Å²) in [6.45, 7) is 6.42. The van der Waals surface area contributed by atoms with Gasteiger partial charge in [0.05, 0.1) is 12.7 Å². The van der Waals surface area contributed by atoms with Gasteiger partial charge in [0.15, 0.2) is 0 Å². The highest BCUT2D eigenvalue weighted by molar-refractivity contribution is 5.90. The van der Waals surface area contributed by atoms with Crippen LogP contribution in [0.1, 0.15) is 29.9 Å². The maximum atomic E-state index is 11.6. The quantitative estimate of drug-likeness (QED) is 0.731. The fourth-order valence-corrected chi connectivity index (χ4v) is 1.59. The minimum absolute atomic E-state index is 0.0844. The summed E-state index contributed by atoms with van der Waals surface area (Å²) in [5.74, 6) is -0.0562. The molecule has 0 radical (unpaired) electrons. The van der Waals surface area contributed by atoms with Crippen molar-refractivity contribution in [1.29, 1.82) is 0 Å². The van der Waals surface area contributed by atoms with Crippen LogP contribution in [0.3, 0.4) is 0 Å². The zero-order valence-corrected chi connectivity index (χ0v) is 10.1. The van der Waals surface area contributed by atoms with Crippen molar-refractivity contribution in [1.82, 2.24) is 4.57 Å². The van der Waals surface area contributed by atoms with Gasteiger partial charge >= 0.3 is 5.97 Å². The molecule has 0 bridgehead atoms. The van der Waals surface area contributed by atoms with Crippen LogP contribution in [0.15, 0.2) is 16.9 Å². The van der Waals surface area contributed by atoms with Crippen LogP contribution in [0.5, 0.6) is 0 Å². The normalized spacial score (nSPS) is 10.6. The lowest BCUT2D eigenvalue weighted by molar-refractivity contribution is 0.0598. The lowest BCUT2D eigenvalue weighted by atomic mass is 10.1. The number of ether oxygens (including phenoxy) is 1. The highest BCUT2D eigenvalue weighted by Gasteiger charge is 2.13. The molecule has 88 valence electrons. The van der Waals surface area contributed by atoms with Crippen LogP contribution in [0.2, 0.25) is 0 Å². The van der Waals surface area contributed by atoms with Gasteiger partial charge in [-0.15, -0.1) is 0 Å². The number of nitrogens with zero attached hydrogens (tertiary/aromatic N) is 1. The van der Waals surface area contributed by atoms with Crippen molar-refractivity contribution in [3.63, 3.8) is 0 Å². The van der Waals surface area contributed by atoms with E-state index in [0.717, 1.165) is 0 Å². The van der Waals surface area contributed by atoms with Crippen molar-refractivity contribution >= 4 is 5.97 Å².